The first kappa shape index (κ1) is 24.3. The maximum Gasteiger partial charge on any atom is 0.303 e. The smallest absolute Gasteiger partial charge is 0.303 e. The molecule has 0 heterocycles. The average Bonchev–Trinajstić information content (AvgIpc) is 2.79. The molecule has 0 spiro atoms. The molecule has 3 aromatic carbocycles. The van der Waals surface area contributed by atoms with E-state index in [0.29, 0.717) is 6.42 Å². The lowest BCUT2D eigenvalue weighted by molar-refractivity contribution is -0.137. The van der Waals surface area contributed by atoms with Crippen molar-refractivity contribution in [2.75, 3.05) is 5.33 Å². The van der Waals surface area contributed by atoms with Crippen molar-refractivity contribution in [1.82, 2.24) is 0 Å². The van der Waals surface area contributed by atoms with E-state index >= 15 is 0 Å². The average molecular weight is 485 g/mol. The Bertz CT molecular complexity index is 732. The first-order chi connectivity index (χ1) is 14.7. The molecule has 1 N–H and O–H groups in total. The second-order valence-corrected chi connectivity index (χ2v) is 9.96. The van der Waals surface area contributed by atoms with Crippen LogP contribution in [0.3, 0.4) is 0 Å². The molecule has 3 rings (SSSR count). The molecule has 0 aliphatic carbocycles. The zero-order valence-electron chi connectivity index (χ0n) is 17.3. The van der Waals surface area contributed by atoms with Crippen molar-refractivity contribution >= 4 is 45.7 Å². The Balaban J connectivity index is 0.000000252. The van der Waals surface area contributed by atoms with Gasteiger partial charge in [-0.2, -0.15) is 0 Å². The molecule has 0 saturated heterocycles. The fourth-order valence-corrected chi connectivity index (χ4v) is 5.78. The molecule has 0 unspecified atom stereocenters. The summed E-state index contributed by atoms with van der Waals surface area (Å²) in [4.78, 5) is 10.1. The number of rotatable bonds is 10. The van der Waals surface area contributed by atoms with Gasteiger partial charge in [0.25, 0.3) is 0 Å². The topological polar surface area (TPSA) is 37.3 Å². The van der Waals surface area contributed by atoms with E-state index in [4.69, 9.17) is 5.11 Å². The maximum atomic E-state index is 10.1. The van der Waals surface area contributed by atoms with Crippen LogP contribution in [0.5, 0.6) is 0 Å². The number of hydrogen-bond donors (Lipinski definition) is 1. The molecule has 0 aromatic heterocycles. The molecule has 4 heteroatoms. The number of halogens is 1. The summed E-state index contributed by atoms with van der Waals surface area (Å²) >= 11 is 3.35. The van der Waals surface area contributed by atoms with Crippen molar-refractivity contribution in [2.45, 2.75) is 38.5 Å². The molecule has 2 nitrogen and oxygen atoms in total. The van der Waals surface area contributed by atoms with Gasteiger partial charge in [0.2, 0.25) is 0 Å². The second-order valence-electron chi connectivity index (χ2n) is 6.94. The quantitative estimate of drug-likeness (QED) is 0.209. The van der Waals surface area contributed by atoms with Gasteiger partial charge in [-0.15, -0.1) is 0 Å². The van der Waals surface area contributed by atoms with Crippen molar-refractivity contribution in [1.29, 1.82) is 0 Å². The summed E-state index contributed by atoms with van der Waals surface area (Å²) in [7, 11) is -0.446. The lowest BCUT2D eigenvalue weighted by Gasteiger charge is -2.18. The number of benzene rings is 3. The van der Waals surface area contributed by atoms with Gasteiger partial charge >= 0.3 is 5.97 Å². The number of carbonyl (C=O) groups is 1. The highest BCUT2D eigenvalue weighted by atomic mass is 79.9. The van der Waals surface area contributed by atoms with E-state index in [1.165, 1.54) is 35.2 Å². The maximum absolute atomic E-state index is 10.1. The summed E-state index contributed by atoms with van der Waals surface area (Å²) in [5.74, 6) is -0.675. The fraction of sp³-hybridized carbons (Fsp3) is 0.269. The Morgan fingerprint density at radius 1 is 0.633 bits per heavy atom. The number of carboxylic acids is 1. The van der Waals surface area contributed by atoms with Gasteiger partial charge in [0, 0.05) is 11.8 Å². The summed E-state index contributed by atoms with van der Waals surface area (Å²) in [6, 6.07) is 32.3. The summed E-state index contributed by atoms with van der Waals surface area (Å²) in [6.45, 7) is 0. The van der Waals surface area contributed by atoms with Crippen molar-refractivity contribution in [2.24, 2.45) is 0 Å². The van der Waals surface area contributed by atoms with Crippen LogP contribution >= 0.6 is 23.9 Å². The molecule has 0 amide bonds. The van der Waals surface area contributed by atoms with Gasteiger partial charge in [0.05, 0.1) is 0 Å². The number of hydrogen-bond acceptors (Lipinski definition) is 1. The fourth-order valence-electron chi connectivity index (χ4n) is 3.08. The molecule has 0 aliphatic heterocycles. The predicted molar refractivity (Wildman–Crippen MR) is 134 cm³/mol. The number of aliphatic carboxylic acids is 1. The van der Waals surface area contributed by atoms with Crippen LogP contribution in [-0.2, 0) is 4.79 Å². The van der Waals surface area contributed by atoms with Crippen molar-refractivity contribution in [3.8, 4) is 0 Å². The van der Waals surface area contributed by atoms with Gasteiger partial charge in [0.15, 0.2) is 0 Å². The van der Waals surface area contributed by atoms with Crippen LogP contribution in [-0.4, -0.2) is 16.4 Å². The molecule has 158 valence electrons. The van der Waals surface area contributed by atoms with E-state index in [2.05, 4.69) is 107 Å². The Hall–Kier alpha value is -1.96. The molecular formula is C26H30BrO2P. The monoisotopic (exact) mass is 484 g/mol. The second kappa shape index (κ2) is 14.9. The minimum Gasteiger partial charge on any atom is -0.481 e. The molecule has 30 heavy (non-hydrogen) atoms. The van der Waals surface area contributed by atoms with Crippen molar-refractivity contribution in [3.05, 3.63) is 91.0 Å². The third-order valence-electron chi connectivity index (χ3n) is 4.57. The highest BCUT2D eigenvalue weighted by Crippen LogP contribution is 2.32. The zero-order valence-corrected chi connectivity index (χ0v) is 19.8. The standard InChI is InChI=1S/C18H15P.C8H15BrO2/c1-4-10-16(11-5-1)19(17-12-6-2-7-13-17)18-14-8-3-9-15-18;9-7-5-3-1-2-4-6-8(10)11/h1-15H;1-7H2,(H,10,11). The van der Waals surface area contributed by atoms with Crippen LogP contribution in [0.15, 0.2) is 91.0 Å². The van der Waals surface area contributed by atoms with E-state index in [0.717, 1.165) is 18.2 Å². The summed E-state index contributed by atoms with van der Waals surface area (Å²) < 4.78 is 0. The van der Waals surface area contributed by atoms with E-state index in [-0.39, 0.29) is 0 Å². The van der Waals surface area contributed by atoms with Crippen LogP contribution in [0.2, 0.25) is 0 Å². The third-order valence-corrected chi connectivity index (χ3v) is 7.57. The Kier molecular flexibility index (Phi) is 12.1. The SMILES string of the molecule is O=C(O)CCCCCCCBr.c1ccc(P(c2ccccc2)c2ccccc2)cc1. The van der Waals surface area contributed by atoms with E-state index in [1.807, 2.05) is 0 Å². The number of carboxylic acid groups (broad SMARTS) is 1. The van der Waals surface area contributed by atoms with Gasteiger partial charge < -0.3 is 5.11 Å². The van der Waals surface area contributed by atoms with Gasteiger partial charge in [-0.25, -0.2) is 0 Å². The first-order valence-electron chi connectivity index (χ1n) is 10.5. The van der Waals surface area contributed by atoms with E-state index in [9.17, 15) is 4.79 Å². The minimum atomic E-state index is -0.675. The predicted octanol–water partition coefficient (Wildman–Crippen LogP) is 6.25. The lowest BCUT2D eigenvalue weighted by atomic mass is 10.1. The molecular weight excluding hydrogens is 455 g/mol. The molecule has 0 aliphatic rings. The van der Waals surface area contributed by atoms with Crippen LogP contribution < -0.4 is 15.9 Å². The molecule has 0 bridgehead atoms. The normalized spacial score (nSPS) is 10.3. The van der Waals surface area contributed by atoms with Gasteiger partial charge in [-0.05, 0) is 36.7 Å². The molecule has 0 atom stereocenters. The van der Waals surface area contributed by atoms with E-state index in [1.54, 1.807) is 0 Å². The summed E-state index contributed by atoms with van der Waals surface area (Å²) in [6.07, 6.45) is 5.79. The molecule has 0 radical (unpaired) electrons. The Morgan fingerprint density at radius 3 is 1.37 bits per heavy atom. The van der Waals surface area contributed by atoms with Crippen molar-refractivity contribution < 1.29 is 9.90 Å². The lowest BCUT2D eigenvalue weighted by Crippen LogP contribution is -2.20. The van der Waals surface area contributed by atoms with Crippen molar-refractivity contribution in [3.63, 3.8) is 0 Å². The van der Waals surface area contributed by atoms with E-state index < -0.39 is 13.9 Å². The highest BCUT2D eigenvalue weighted by molar-refractivity contribution is 9.09. The molecule has 0 saturated carbocycles. The Morgan fingerprint density at radius 2 is 1.00 bits per heavy atom. The van der Waals surface area contributed by atoms with Crippen LogP contribution in [0.1, 0.15) is 38.5 Å². The van der Waals surface area contributed by atoms with Crippen LogP contribution in [0.25, 0.3) is 0 Å². The first-order valence-corrected chi connectivity index (χ1v) is 12.9. The van der Waals surface area contributed by atoms with Crippen LogP contribution in [0.4, 0.5) is 0 Å². The summed E-state index contributed by atoms with van der Waals surface area (Å²) in [5, 5.41) is 13.6. The Labute approximate surface area is 190 Å². The molecule has 0 fully saturated rings. The highest BCUT2D eigenvalue weighted by Gasteiger charge is 2.14. The summed E-state index contributed by atoms with van der Waals surface area (Å²) in [5.41, 5.74) is 0. The minimum absolute atomic E-state index is 0.328. The van der Waals surface area contributed by atoms with Gasteiger partial charge in [0.1, 0.15) is 0 Å². The number of alkyl halides is 1. The largest absolute Gasteiger partial charge is 0.481 e. The number of unbranched alkanes of at least 4 members (excludes halogenated alkanes) is 4. The molecule has 3 aromatic rings. The van der Waals surface area contributed by atoms with Gasteiger partial charge in [-0.1, -0.05) is 126 Å². The van der Waals surface area contributed by atoms with Gasteiger partial charge in [-0.3, -0.25) is 4.79 Å². The zero-order chi connectivity index (χ0) is 21.4. The van der Waals surface area contributed by atoms with Crippen LogP contribution in [0, 0.1) is 0 Å². The third kappa shape index (κ3) is 9.24.